The van der Waals surface area contributed by atoms with E-state index >= 15 is 0 Å². The lowest BCUT2D eigenvalue weighted by Crippen LogP contribution is -2.07. The average molecular weight is 296 g/mol. The van der Waals surface area contributed by atoms with Crippen LogP contribution in [0.5, 0.6) is 5.75 Å². The van der Waals surface area contributed by atoms with Crippen LogP contribution in [0, 0.1) is 18.3 Å². The predicted octanol–water partition coefficient (Wildman–Crippen LogP) is 2.86. The van der Waals surface area contributed by atoms with Crippen LogP contribution in [0.2, 0.25) is 0 Å². The Hall–Kier alpha value is -1.54. The Morgan fingerprint density at radius 1 is 1.53 bits per heavy atom. The summed E-state index contributed by atoms with van der Waals surface area (Å²) in [5.74, 6) is 0.672. The van der Waals surface area contributed by atoms with Gasteiger partial charge in [-0.15, -0.1) is 0 Å². The van der Waals surface area contributed by atoms with Gasteiger partial charge in [-0.25, -0.2) is 4.99 Å². The minimum atomic E-state index is 0.531. The molecule has 0 N–H and O–H groups in total. The van der Waals surface area contributed by atoms with Crippen molar-refractivity contribution in [2.75, 3.05) is 21.2 Å². The molecule has 1 aromatic carbocycles. The van der Waals surface area contributed by atoms with Crippen LogP contribution in [0.1, 0.15) is 11.1 Å². The van der Waals surface area contributed by atoms with Crippen LogP contribution < -0.4 is 4.74 Å². The number of hydrogen-bond acceptors (Lipinski definition) is 3. The number of rotatable bonds is 3. The highest BCUT2D eigenvalue weighted by molar-refractivity contribution is 9.10. The lowest BCUT2D eigenvalue weighted by molar-refractivity contribution is 0.409. The summed E-state index contributed by atoms with van der Waals surface area (Å²) >= 11 is 3.41. The van der Waals surface area contributed by atoms with E-state index in [1.165, 1.54) is 0 Å². The molecule has 0 bridgehead atoms. The summed E-state index contributed by atoms with van der Waals surface area (Å²) in [4.78, 5) is 6.08. The molecule has 1 rings (SSSR count). The van der Waals surface area contributed by atoms with Crippen LogP contribution in [0.3, 0.4) is 0 Å². The van der Waals surface area contributed by atoms with E-state index in [0.29, 0.717) is 17.0 Å². The molecule has 17 heavy (non-hydrogen) atoms. The second-order valence-electron chi connectivity index (χ2n) is 3.73. The zero-order valence-electron chi connectivity index (χ0n) is 10.3. The van der Waals surface area contributed by atoms with Gasteiger partial charge in [0.1, 0.15) is 11.8 Å². The van der Waals surface area contributed by atoms with E-state index in [-0.39, 0.29) is 0 Å². The molecule has 0 heterocycles. The topological polar surface area (TPSA) is 48.6 Å². The maximum atomic E-state index is 9.17. The molecule has 0 spiro atoms. The predicted molar refractivity (Wildman–Crippen MR) is 72.0 cm³/mol. The minimum Gasteiger partial charge on any atom is -0.495 e. The van der Waals surface area contributed by atoms with Gasteiger partial charge in [0.15, 0.2) is 0 Å². The molecule has 90 valence electrons. The molecule has 0 aliphatic carbocycles. The number of hydrogen-bond donors (Lipinski definition) is 0. The Kier molecular flexibility index (Phi) is 4.53. The van der Waals surface area contributed by atoms with Crippen LogP contribution >= 0.6 is 15.9 Å². The first-order valence-electron chi connectivity index (χ1n) is 4.99. The van der Waals surface area contributed by atoms with Crippen LogP contribution in [0.25, 0.3) is 0 Å². The zero-order valence-corrected chi connectivity index (χ0v) is 11.9. The minimum absolute atomic E-state index is 0.531. The van der Waals surface area contributed by atoms with E-state index in [1.54, 1.807) is 19.5 Å². The van der Waals surface area contributed by atoms with E-state index < -0.39 is 0 Å². The summed E-state index contributed by atoms with van der Waals surface area (Å²) < 4.78 is 6.03. The molecule has 0 aromatic heterocycles. The average Bonchev–Trinajstić information content (AvgIpc) is 2.26. The van der Waals surface area contributed by atoms with Crippen LogP contribution in [0.4, 0.5) is 5.69 Å². The second-order valence-corrected chi connectivity index (χ2v) is 4.59. The standard InChI is InChI=1S/C12H14BrN3O/c1-8-9(6-14)11(15-7-16(2)3)5-10(13)12(8)17-4/h5,7H,1-4H3. The number of ether oxygens (including phenoxy) is 1. The van der Waals surface area contributed by atoms with E-state index in [2.05, 4.69) is 27.0 Å². The van der Waals surface area contributed by atoms with Crippen molar-refractivity contribution in [2.45, 2.75) is 6.92 Å². The van der Waals surface area contributed by atoms with Gasteiger partial charge in [-0.1, -0.05) is 0 Å². The maximum absolute atomic E-state index is 9.17. The summed E-state index contributed by atoms with van der Waals surface area (Å²) in [6, 6.07) is 3.94. The van der Waals surface area contributed by atoms with Gasteiger partial charge in [-0.2, -0.15) is 5.26 Å². The largest absolute Gasteiger partial charge is 0.495 e. The van der Waals surface area contributed by atoms with Crippen molar-refractivity contribution in [1.29, 1.82) is 5.26 Å². The number of aliphatic imine (C=N–C) groups is 1. The molecule has 0 fully saturated rings. The summed E-state index contributed by atoms with van der Waals surface area (Å²) in [5, 5.41) is 9.17. The molecular weight excluding hydrogens is 282 g/mol. The summed E-state index contributed by atoms with van der Waals surface area (Å²) in [5.41, 5.74) is 1.95. The molecular formula is C12H14BrN3O. The molecule has 0 atom stereocenters. The third kappa shape index (κ3) is 2.98. The number of halogens is 1. The van der Waals surface area contributed by atoms with Gasteiger partial charge >= 0.3 is 0 Å². The summed E-state index contributed by atoms with van der Waals surface area (Å²) in [6.45, 7) is 1.84. The van der Waals surface area contributed by atoms with Crippen LogP contribution in [0.15, 0.2) is 15.5 Å². The van der Waals surface area contributed by atoms with E-state index in [4.69, 9.17) is 10.00 Å². The first kappa shape index (κ1) is 13.5. The van der Waals surface area contributed by atoms with Crippen molar-refractivity contribution >= 4 is 28.0 Å². The second kappa shape index (κ2) is 5.69. The third-order valence-electron chi connectivity index (χ3n) is 2.20. The third-order valence-corrected chi connectivity index (χ3v) is 2.78. The van der Waals surface area contributed by atoms with Gasteiger partial charge in [0, 0.05) is 19.7 Å². The fraction of sp³-hybridized carbons (Fsp3) is 0.333. The zero-order chi connectivity index (χ0) is 13.0. The SMILES string of the molecule is COc1c(Br)cc(N=CN(C)C)c(C#N)c1C. The smallest absolute Gasteiger partial charge is 0.137 e. The monoisotopic (exact) mass is 295 g/mol. The van der Waals surface area contributed by atoms with Crippen molar-refractivity contribution in [3.8, 4) is 11.8 Å². The maximum Gasteiger partial charge on any atom is 0.137 e. The van der Waals surface area contributed by atoms with Crippen molar-refractivity contribution in [3.63, 3.8) is 0 Å². The molecule has 0 unspecified atom stereocenters. The van der Waals surface area contributed by atoms with Crippen molar-refractivity contribution in [1.82, 2.24) is 4.90 Å². The Morgan fingerprint density at radius 2 is 2.18 bits per heavy atom. The quantitative estimate of drug-likeness (QED) is 0.636. The number of nitriles is 1. The van der Waals surface area contributed by atoms with Gasteiger partial charge in [0.2, 0.25) is 0 Å². The molecule has 0 saturated carbocycles. The molecule has 0 radical (unpaired) electrons. The fourth-order valence-corrected chi connectivity index (χ4v) is 2.09. The van der Waals surface area contributed by atoms with Crippen molar-refractivity contribution < 1.29 is 4.74 Å². The Morgan fingerprint density at radius 3 is 2.65 bits per heavy atom. The van der Waals surface area contributed by atoms with Gasteiger partial charge in [0.25, 0.3) is 0 Å². The normalized spacial score (nSPS) is 10.4. The molecule has 5 heteroatoms. The lowest BCUT2D eigenvalue weighted by Gasteiger charge is -2.11. The lowest BCUT2D eigenvalue weighted by atomic mass is 10.1. The van der Waals surface area contributed by atoms with Gasteiger partial charge < -0.3 is 9.64 Å². The summed E-state index contributed by atoms with van der Waals surface area (Å²) in [6.07, 6.45) is 1.66. The Balaban J connectivity index is 3.38. The van der Waals surface area contributed by atoms with Crippen LogP contribution in [-0.2, 0) is 0 Å². The number of benzene rings is 1. The van der Waals surface area contributed by atoms with E-state index in [9.17, 15) is 0 Å². The summed E-state index contributed by atoms with van der Waals surface area (Å²) in [7, 11) is 5.33. The number of methoxy groups -OCH3 is 1. The van der Waals surface area contributed by atoms with Gasteiger partial charge in [0.05, 0.1) is 29.2 Å². The van der Waals surface area contributed by atoms with Gasteiger partial charge in [-0.3, -0.25) is 0 Å². The highest BCUT2D eigenvalue weighted by atomic mass is 79.9. The van der Waals surface area contributed by atoms with Crippen LogP contribution in [-0.4, -0.2) is 32.4 Å². The fourth-order valence-electron chi connectivity index (χ4n) is 1.41. The molecule has 0 saturated heterocycles. The highest BCUT2D eigenvalue weighted by Gasteiger charge is 2.13. The number of nitrogens with zero attached hydrogens (tertiary/aromatic N) is 3. The molecule has 4 nitrogen and oxygen atoms in total. The van der Waals surface area contributed by atoms with Gasteiger partial charge in [-0.05, 0) is 28.9 Å². The molecule has 1 aromatic rings. The van der Waals surface area contributed by atoms with E-state index in [0.717, 1.165) is 10.0 Å². The van der Waals surface area contributed by atoms with Crippen molar-refractivity contribution in [2.24, 2.45) is 4.99 Å². The molecule has 0 aliphatic heterocycles. The molecule has 0 aliphatic rings. The first-order chi connectivity index (χ1) is 8.01. The first-order valence-corrected chi connectivity index (χ1v) is 5.78. The van der Waals surface area contributed by atoms with E-state index in [1.807, 2.05) is 25.9 Å². The molecule has 0 amide bonds. The Bertz CT molecular complexity index is 490. The van der Waals surface area contributed by atoms with Crippen molar-refractivity contribution in [3.05, 3.63) is 21.7 Å². The highest BCUT2D eigenvalue weighted by Crippen LogP contribution is 2.36. The Labute approximate surface area is 110 Å².